The number of quaternary nitrogens is 1. The van der Waals surface area contributed by atoms with Gasteiger partial charge in [-0.05, 0) is 32.1 Å². The highest BCUT2D eigenvalue weighted by atomic mass is 79.9. The summed E-state index contributed by atoms with van der Waals surface area (Å²) in [5, 5.41) is 0. The topological polar surface area (TPSA) is 0 Å². The van der Waals surface area contributed by atoms with E-state index in [1.807, 2.05) is 0 Å². The number of halogens is 1. The molecule has 0 heterocycles. The van der Waals surface area contributed by atoms with Crippen molar-refractivity contribution in [2.75, 3.05) is 26.2 Å². The van der Waals surface area contributed by atoms with E-state index in [0.29, 0.717) is 0 Å². The molecule has 172 valence electrons. The predicted molar refractivity (Wildman–Crippen MR) is 126 cm³/mol. The lowest BCUT2D eigenvalue weighted by Crippen LogP contribution is -3.00. The monoisotopic (exact) mass is 461 g/mol. The average molecular weight is 463 g/mol. The Labute approximate surface area is 190 Å². The van der Waals surface area contributed by atoms with E-state index in [2.05, 4.69) is 27.7 Å². The van der Waals surface area contributed by atoms with Gasteiger partial charge in [0.25, 0.3) is 0 Å². The fourth-order valence-electron chi connectivity index (χ4n) is 4.91. The van der Waals surface area contributed by atoms with Gasteiger partial charge in [-0.2, -0.15) is 0 Å². The van der Waals surface area contributed by atoms with Crippen molar-refractivity contribution in [3.8, 4) is 0 Å². The van der Waals surface area contributed by atoms with E-state index in [4.69, 9.17) is 0 Å². The van der Waals surface area contributed by atoms with Crippen molar-refractivity contribution < 1.29 is 21.5 Å². The minimum Gasteiger partial charge on any atom is -1.00 e. The van der Waals surface area contributed by atoms with Gasteiger partial charge in [-0.25, -0.2) is 0 Å². The number of hydrogen-bond donors (Lipinski definition) is 0. The third-order valence-corrected chi connectivity index (χ3v) is 6.33. The maximum absolute atomic E-state index is 2.37. The van der Waals surface area contributed by atoms with Crippen molar-refractivity contribution in [2.24, 2.45) is 0 Å². The van der Waals surface area contributed by atoms with Crippen LogP contribution in [0.15, 0.2) is 0 Å². The third-order valence-electron chi connectivity index (χ3n) is 6.33. The van der Waals surface area contributed by atoms with Crippen molar-refractivity contribution in [3.63, 3.8) is 0 Å². The molecule has 0 N–H and O–H groups in total. The zero-order chi connectivity index (χ0) is 20.1. The van der Waals surface area contributed by atoms with Crippen LogP contribution < -0.4 is 17.0 Å². The van der Waals surface area contributed by atoms with Gasteiger partial charge in [0.1, 0.15) is 0 Å². The predicted octanol–water partition coefficient (Wildman–Crippen LogP) is 5.91. The third kappa shape index (κ3) is 18.5. The van der Waals surface area contributed by atoms with Gasteiger partial charge in [-0.15, -0.1) is 0 Å². The summed E-state index contributed by atoms with van der Waals surface area (Å²) in [7, 11) is 0. The molecule has 0 aromatic heterocycles. The maximum atomic E-state index is 2.37. The largest absolute Gasteiger partial charge is 1.00 e. The Morgan fingerprint density at radius 1 is 0.321 bits per heavy atom. The quantitative estimate of drug-likeness (QED) is 0.139. The van der Waals surface area contributed by atoms with E-state index in [1.165, 1.54) is 146 Å². The average Bonchev–Trinajstić information content (AvgIpc) is 2.65. The van der Waals surface area contributed by atoms with Crippen molar-refractivity contribution in [1.29, 1.82) is 0 Å². The van der Waals surface area contributed by atoms with E-state index >= 15 is 0 Å². The highest BCUT2D eigenvalue weighted by Crippen LogP contribution is 2.16. The molecule has 0 aliphatic heterocycles. The van der Waals surface area contributed by atoms with Gasteiger partial charge in [0.05, 0.1) is 26.2 Å². The van der Waals surface area contributed by atoms with E-state index in [1.54, 1.807) is 0 Å². The summed E-state index contributed by atoms with van der Waals surface area (Å²) in [4.78, 5) is 0. The van der Waals surface area contributed by atoms with Gasteiger partial charge in [-0.3, -0.25) is 0 Å². The lowest BCUT2D eigenvalue weighted by molar-refractivity contribution is -0.928. The molecule has 0 spiro atoms. The van der Waals surface area contributed by atoms with Crippen molar-refractivity contribution in [3.05, 3.63) is 0 Å². The van der Waals surface area contributed by atoms with Gasteiger partial charge >= 0.3 is 0 Å². The van der Waals surface area contributed by atoms with Gasteiger partial charge in [0.2, 0.25) is 0 Å². The molecule has 0 radical (unpaired) electrons. The van der Waals surface area contributed by atoms with Crippen molar-refractivity contribution in [2.45, 2.75) is 143 Å². The minimum atomic E-state index is 0. The van der Waals surface area contributed by atoms with E-state index in [0.717, 1.165) is 0 Å². The first kappa shape index (κ1) is 30.6. The fourth-order valence-corrected chi connectivity index (χ4v) is 4.91. The fraction of sp³-hybridized carbons (Fsp3) is 1.00. The number of rotatable bonds is 22. The zero-order valence-corrected chi connectivity index (χ0v) is 22.0. The van der Waals surface area contributed by atoms with E-state index in [9.17, 15) is 0 Å². The van der Waals surface area contributed by atoms with Crippen molar-refractivity contribution >= 4 is 0 Å². The molecule has 2 heteroatoms. The molecule has 0 atom stereocenters. The van der Waals surface area contributed by atoms with Crippen LogP contribution >= 0.6 is 0 Å². The van der Waals surface area contributed by atoms with Crippen LogP contribution in [0.2, 0.25) is 0 Å². The highest BCUT2D eigenvalue weighted by Gasteiger charge is 2.23. The van der Waals surface area contributed by atoms with Crippen LogP contribution in [0.3, 0.4) is 0 Å². The Bertz CT molecular complexity index is 263. The SMILES string of the molecule is CCCCCCCCCCCCCCCCC[N+](CCC)(CCC)CCC.[Br-]. The Morgan fingerprint density at radius 2 is 0.607 bits per heavy atom. The van der Waals surface area contributed by atoms with Crippen LogP contribution in [0.25, 0.3) is 0 Å². The minimum absolute atomic E-state index is 0. The van der Waals surface area contributed by atoms with E-state index < -0.39 is 0 Å². The molecule has 0 amide bonds. The molecule has 0 unspecified atom stereocenters. The molecule has 0 rings (SSSR count). The summed E-state index contributed by atoms with van der Waals surface area (Å²) in [5.74, 6) is 0. The van der Waals surface area contributed by atoms with Crippen LogP contribution in [0.5, 0.6) is 0 Å². The molecule has 28 heavy (non-hydrogen) atoms. The first-order valence-corrected chi connectivity index (χ1v) is 13.1. The summed E-state index contributed by atoms with van der Waals surface area (Å²) in [5.41, 5.74) is 0. The first-order chi connectivity index (χ1) is 13.2. The summed E-state index contributed by atoms with van der Waals surface area (Å²) in [6.07, 6.45) is 26.0. The molecule has 0 aromatic rings. The van der Waals surface area contributed by atoms with Crippen LogP contribution in [-0.4, -0.2) is 30.7 Å². The summed E-state index contributed by atoms with van der Waals surface area (Å²) in [6.45, 7) is 15.0. The Balaban J connectivity index is 0. The molecule has 0 fully saturated rings. The molecule has 0 saturated carbocycles. The molecule has 0 bridgehead atoms. The van der Waals surface area contributed by atoms with Gasteiger partial charge < -0.3 is 21.5 Å². The Morgan fingerprint density at radius 3 is 0.893 bits per heavy atom. The summed E-state index contributed by atoms with van der Waals surface area (Å²) in [6, 6.07) is 0. The Hall–Kier alpha value is 0.440. The van der Waals surface area contributed by atoms with Gasteiger partial charge in [0.15, 0.2) is 0 Å². The molecule has 0 aliphatic carbocycles. The molecule has 0 aliphatic rings. The standard InChI is InChI=1S/C26H56N.BrH/c1-5-9-10-11-12-13-14-15-16-17-18-19-20-21-22-26-27(23-6-2,24-7-3)25-8-4;/h5-26H2,1-4H3;1H/q+1;/p-1. The number of unbranched alkanes of at least 4 members (excludes halogenated alkanes) is 14. The highest BCUT2D eigenvalue weighted by molar-refractivity contribution is 4.51. The molecular formula is C26H56BrN. The zero-order valence-electron chi connectivity index (χ0n) is 20.4. The van der Waals surface area contributed by atoms with Gasteiger partial charge in [0, 0.05) is 0 Å². The Kier molecular flexibility index (Phi) is 25.9. The van der Waals surface area contributed by atoms with Crippen LogP contribution in [0.4, 0.5) is 0 Å². The molecule has 0 aromatic carbocycles. The van der Waals surface area contributed by atoms with Crippen LogP contribution in [-0.2, 0) is 0 Å². The molecule has 1 nitrogen and oxygen atoms in total. The second-order valence-corrected chi connectivity index (χ2v) is 9.19. The number of hydrogen-bond acceptors (Lipinski definition) is 0. The second-order valence-electron chi connectivity index (χ2n) is 9.19. The van der Waals surface area contributed by atoms with E-state index in [-0.39, 0.29) is 17.0 Å². The van der Waals surface area contributed by atoms with Crippen LogP contribution in [0.1, 0.15) is 143 Å². The van der Waals surface area contributed by atoms with Gasteiger partial charge in [-0.1, -0.05) is 111 Å². The molecular weight excluding hydrogens is 406 g/mol. The summed E-state index contributed by atoms with van der Waals surface area (Å²) >= 11 is 0. The van der Waals surface area contributed by atoms with Crippen molar-refractivity contribution in [1.82, 2.24) is 0 Å². The van der Waals surface area contributed by atoms with Crippen LogP contribution in [0, 0.1) is 0 Å². The lowest BCUT2D eigenvalue weighted by atomic mass is 10.0. The summed E-state index contributed by atoms with van der Waals surface area (Å²) < 4.78 is 1.40. The molecule has 0 saturated heterocycles. The smallest absolute Gasteiger partial charge is 0.0786 e. The maximum Gasteiger partial charge on any atom is 0.0786 e. The second kappa shape index (κ2) is 23.7. The lowest BCUT2D eigenvalue weighted by Gasteiger charge is -2.38. The number of nitrogens with zero attached hydrogens (tertiary/aromatic N) is 1. The normalized spacial score (nSPS) is 11.6. The first-order valence-electron chi connectivity index (χ1n) is 13.1.